The van der Waals surface area contributed by atoms with Crippen molar-refractivity contribution in [3.63, 3.8) is 0 Å². The Bertz CT molecular complexity index is 468. The third kappa shape index (κ3) is 4.12. The van der Waals surface area contributed by atoms with E-state index >= 15 is 0 Å². The molecule has 5 heteroatoms. The van der Waals surface area contributed by atoms with Crippen molar-refractivity contribution in [3.05, 3.63) is 34.9 Å². The third-order valence-electron chi connectivity index (χ3n) is 4.42. The maximum atomic E-state index is 12.4. The molecule has 3 nitrogen and oxygen atoms in total. The average Bonchev–Trinajstić information content (AvgIpc) is 2.88. The Morgan fingerprint density at radius 2 is 1.76 bits per heavy atom. The first-order valence-electron chi connectivity index (χ1n) is 7.28. The molecule has 1 aromatic rings. The van der Waals surface area contributed by atoms with Crippen molar-refractivity contribution in [2.75, 3.05) is 0 Å². The molecule has 1 saturated carbocycles. The van der Waals surface area contributed by atoms with Crippen molar-refractivity contribution in [2.45, 2.75) is 51.1 Å². The van der Waals surface area contributed by atoms with Crippen molar-refractivity contribution in [1.82, 2.24) is 5.32 Å². The van der Waals surface area contributed by atoms with E-state index < -0.39 is 0 Å². The van der Waals surface area contributed by atoms with Gasteiger partial charge in [-0.05, 0) is 37.5 Å². The van der Waals surface area contributed by atoms with Crippen molar-refractivity contribution >= 4 is 29.9 Å². The number of nitrogens with two attached hydrogens (primary N) is 1. The van der Waals surface area contributed by atoms with Crippen LogP contribution in [0.5, 0.6) is 0 Å². The van der Waals surface area contributed by atoms with Gasteiger partial charge in [0.2, 0.25) is 5.91 Å². The van der Waals surface area contributed by atoms with Gasteiger partial charge in [-0.25, -0.2) is 0 Å². The molecule has 1 aromatic carbocycles. The van der Waals surface area contributed by atoms with E-state index in [0.29, 0.717) is 0 Å². The van der Waals surface area contributed by atoms with Gasteiger partial charge in [-0.3, -0.25) is 4.79 Å². The Morgan fingerprint density at radius 3 is 2.24 bits per heavy atom. The number of amides is 1. The maximum Gasteiger partial charge on any atom is 0.225 e. The molecule has 3 N–H and O–H groups in total. The fourth-order valence-electron chi connectivity index (χ4n) is 2.82. The molecule has 0 saturated heterocycles. The normalized spacial score (nSPS) is 19.4. The minimum Gasteiger partial charge on any atom is -0.346 e. The molecule has 1 fully saturated rings. The van der Waals surface area contributed by atoms with Gasteiger partial charge in [0.1, 0.15) is 0 Å². The second kappa shape index (κ2) is 7.48. The summed E-state index contributed by atoms with van der Waals surface area (Å²) in [5.41, 5.74) is 6.73. The predicted octanol–water partition coefficient (Wildman–Crippen LogP) is 3.63. The number of benzene rings is 1. The fourth-order valence-corrected chi connectivity index (χ4v) is 2.95. The minimum atomic E-state index is -0.245. The van der Waals surface area contributed by atoms with Gasteiger partial charge in [-0.1, -0.05) is 43.5 Å². The summed E-state index contributed by atoms with van der Waals surface area (Å²) < 4.78 is 0. The summed E-state index contributed by atoms with van der Waals surface area (Å²) in [6.07, 6.45) is 4.23. The second-order valence-corrected chi connectivity index (χ2v) is 6.37. The van der Waals surface area contributed by atoms with Crippen LogP contribution >= 0.6 is 24.0 Å². The molecule has 0 aromatic heterocycles. The van der Waals surface area contributed by atoms with E-state index in [-0.39, 0.29) is 35.8 Å². The van der Waals surface area contributed by atoms with Crippen LogP contribution < -0.4 is 11.1 Å². The Labute approximate surface area is 138 Å². The van der Waals surface area contributed by atoms with Crippen LogP contribution in [0.3, 0.4) is 0 Å². The van der Waals surface area contributed by atoms with Gasteiger partial charge in [0.25, 0.3) is 0 Å². The Kier molecular flexibility index (Phi) is 6.51. The Balaban J connectivity index is 0.00000220. The molecule has 2 rings (SSSR count). The van der Waals surface area contributed by atoms with Crippen LogP contribution in [0.1, 0.15) is 45.1 Å². The topological polar surface area (TPSA) is 55.1 Å². The summed E-state index contributed by atoms with van der Waals surface area (Å²) in [4.78, 5) is 12.4. The zero-order valence-electron chi connectivity index (χ0n) is 12.6. The lowest BCUT2D eigenvalue weighted by atomic mass is 9.87. The van der Waals surface area contributed by atoms with Gasteiger partial charge in [0.15, 0.2) is 0 Å². The lowest BCUT2D eigenvalue weighted by molar-refractivity contribution is -0.127. The number of carbonyl (C=O) groups is 1. The highest BCUT2D eigenvalue weighted by Crippen LogP contribution is 2.39. The molecule has 1 amide bonds. The van der Waals surface area contributed by atoms with Gasteiger partial charge < -0.3 is 11.1 Å². The summed E-state index contributed by atoms with van der Waals surface area (Å²) in [7, 11) is 0. The highest BCUT2D eigenvalue weighted by molar-refractivity contribution is 6.30. The first-order valence-corrected chi connectivity index (χ1v) is 7.66. The SMILES string of the molecule is CC(N)C(C)C(=O)NC1(c2ccc(Cl)cc2)CCCC1.Cl. The smallest absolute Gasteiger partial charge is 0.225 e. The fraction of sp³-hybridized carbons (Fsp3) is 0.562. The number of carbonyl (C=O) groups excluding carboxylic acids is 1. The molecule has 0 aliphatic heterocycles. The Morgan fingerprint density at radius 1 is 1.24 bits per heavy atom. The molecule has 0 spiro atoms. The Hall–Kier alpha value is -0.770. The van der Waals surface area contributed by atoms with Gasteiger partial charge in [-0.2, -0.15) is 0 Å². The van der Waals surface area contributed by atoms with Gasteiger partial charge in [-0.15, -0.1) is 12.4 Å². The monoisotopic (exact) mass is 330 g/mol. The van der Waals surface area contributed by atoms with Crippen LogP contribution in [0.15, 0.2) is 24.3 Å². The maximum absolute atomic E-state index is 12.4. The zero-order chi connectivity index (χ0) is 14.8. The predicted molar refractivity (Wildman–Crippen MR) is 89.8 cm³/mol. The number of halogens is 2. The van der Waals surface area contributed by atoms with Crippen LogP contribution in [0.4, 0.5) is 0 Å². The first kappa shape index (κ1) is 18.3. The summed E-state index contributed by atoms with van der Waals surface area (Å²) in [6.45, 7) is 3.75. The van der Waals surface area contributed by atoms with Gasteiger partial charge >= 0.3 is 0 Å². The molecule has 0 heterocycles. The molecular formula is C16H24Cl2N2O. The van der Waals surface area contributed by atoms with E-state index in [1.54, 1.807) is 0 Å². The highest BCUT2D eigenvalue weighted by atomic mass is 35.5. The van der Waals surface area contributed by atoms with Crippen molar-refractivity contribution in [2.24, 2.45) is 11.7 Å². The highest BCUT2D eigenvalue weighted by Gasteiger charge is 2.38. The molecule has 0 radical (unpaired) electrons. The van der Waals surface area contributed by atoms with E-state index in [1.807, 2.05) is 38.1 Å². The van der Waals surface area contributed by atoms with E-state index in [4.69, 9.17) is 17.3 Å². The summed E-state index contributed by atoms with van der Waals surface area (Å²) >= 11 is 5.96. The second-order valence-electron chi connectivity index (χ2n) is 5.93. The molecular weight excluding hydrogens is 307 g/mol. The molecule has 0 bridgehead atoms. The van der Waals surface area contributed by atoms with Crippen molar-refractivity contribution in [3.8, 4) is 0 Å². The van der Waals surface area contributed by atoms with Gasteiger partial charge in [0.05, 0.1) is 5.54 Å². The average molecular weight is 331 g/mol. The standard InChI is InChI=1S/C16H23ClN2O.ClH/c1-11(12(2)18)15(20)19-16(9-3-4-10-16)13-5-7-14(17)8-6-13;/h5-8,11-12H,3-4,9-10,18H2,1-2H3,(H,19,20);1H. The van der Waals surface area contributed by atoms with Crippen LogP contribution in [-0.2, 0) is 10.3 Å². The zero-order valence-corrected chi connectivity index (χ0v) is 14.1. The molecule has 118 valence electrons. The number of hydrogen-bond donors (Lipinski definition) is 2. The molecule has 2 atom stereocenters. The van der Waals surface area contributed by atoms with Crippen LogP contribution in [0, 0.1) is 5.92 Å². The number of rotatable bonds is 4. The lowest BCUT2D eigenvalue weighted by Gasteiger charge is -2.33. The first-order chi connectivity index (χ1) is 9.44. The summed E-state index contributed by atoms with van der Waals surface area (Å²) in [6, 6.07) is 7.67. The van der Waals surface area contributed by atoms with Crippen molar-refractivity contribution < 1.29 is 4.79 Å². The molecule has 21 heavy (non-hydrogen) atoms. The minimum absolute atomic E-state index is 0. The number of hydrogen-bond acceptors (Lipinski definition) is 2. The van der Waals surface area contributed by atoms with Crippen molar-refractivity contribution in [1.29, 1.82) is 0 Å². The summed E-state index contributed by atoms with van der Waals surface area (Å²) in [5.74, 6) is -0.142. The number of nitrogens with one attached hydrogen (secondary N) is 1. The van der Waals surface area contributed by atoms with E-state index in [1.165, 1.54) is 0 Å². The molecule has 1 aliphatic rings. The molecule has 1 aliphatic carbocycles. The van der Waals surface area contributed by atoms with E-state index in [9.17, 15) is 4.79 Å². The van der Waals surface area contributed by atoms with Crippen LogP contribution in [0.25, 0.3) is 0 Å². The summed E-state index contributed by atoms with van der Waals surface area (Å²) in [5, 5.41) is 3.97. The largest absolute Gasteiger partial charge is 0.346 e. The van der Waals surface area contributed by atoms with E-state index in [2.05, 4.69) is 5.32 Å². The lowest BCUT2D eigenvalue weighted by Crippen LogP contribution is -2.48. The van der Waals surface area contributed by atoms with Crippen LogP contribution in [0.2, 0.25) is 5.02 Å². The van der Waals surface area contributed by atoms with Crippen LogP contribution in [-0.4, -0.2) is 11.9 Å². The van der Waals surface area contributed by atoms with Gasteiger partial charge in [0, 0.05) is 17.0 Å². The molecule has 2 unspecified atom stereocenters. The third-order valence-corrected chi connectivity index (χ3v) is 4.67. The van der Waals surface area contributed by atoms with E-state index in [0.717, 1.165) is 36.3 Å². The quantitative estimate of drug-likeness (QED) is 0.885.